The van der Waals surface area contributed by atoms with Crippen LogP contribution in [0.15, 0.2) is 30.3 Å². The third-order valence-electron chi connectivity index (χ3n) is 3.73. The van der Waals surface area contributed by atoms with Crippen LogP contribution in [0.2, 0.25) is 10.0 Å². The SMILES string of the molecule is CCNC(c1cccc(Cl)c1Cl)c1c(C)cc(C)cc1C. The zero-order valence-corrected chi connectivity index (χ0v) is 14.4. The number of benzene rings is 2. The Morgan fingerprint density at radius 1 is 1.05 bits per heavy atom. The van der Waals surface area contributed by atoms with Gasteiger partial charge in [-0.05, 0) is 55.6 Å². The fraction of sp³-hybridized carbons (Fsp3) is 0.333. The van der Waals surface area contributed by atoms with E-state index < -0.39 is 0 Å². The van der Waals surface area contributed by atoms with Gasteiger partial charge in [-0.3, -0.25) is 0 Å². The molecular weight excluding hydrogens is 301 g/mol. The van der Waals surface area contributed by atoms with Crippen molar-refractivity contribution in [1.82, 2.24) is 5.32 Å². The van der Waals surface area contributed by atoms with E-state index in [0.29, 0.717) is 10.0 Å². The molecule has 2 rings (SSSR count). The Morgan fingerprint density at radius 2 is 1.67 bits per heavy atom. The number of halogens is 2. The highest BCUT2D eigenvalue weighted by molar-refractivity contribution is 6.42. The summed E-state index contributed by atoms with van der Waals surface area (Å²) in [5.74, 6) is 0. The highest BCUT2D eigenvalue weighted by atomic mass is 35.5. The van der Waals surface area contributed by atoms with E-state index in [1.54, 1.807) is 0 Å². The third-order valence-corrected chi connectivity index (χ3v) is 4.56. The lowest BCUT2D eigenvalue weighted by Crippen LogP contribution is -2.24. The highest BCUT2D eigenvalue weighted by Crippen LogP contribution is 2.35. The van der Waals surface area contributed by atoms with Crippen LogP contribution in [0.5, 0.6) is 0 Å². The summed E-state index contributed by atoms with van der Waals surface area (Å²) in [6.45, 7) is 9.39. The van der Waals surface area contributed by atoms with Gasteiger partial charge in [-0.15, -0.1) is 0 Å². The summed E-state index contributed by atoms with van der Waals surface area (Å²) >= 11 is 12.6. The van der Waals surface area contributed by atoms with E-state index in [4.69, 9.17) is 23.2 Å². The number of nitrogens with one attached hydrogen (secondary N) is 1. The van der Waals surface area contributed by atoms with Gasteiger partial charge in [-0.1, -0.05) is 60.0 Å². The molecule has 112 valence electrons. The van der Waals surface area contributed by atoms with E-state index in [1.807, 2.05) is 18.2 Å². The first-order chi connectivity index (χ1) is 9.95. The van der Waals surface area contributed by atoms with Gasteiger partial charge in [-0.2, -0.15) is 0 Å². The molecule has 1 unspecified atom stereocenters. The molecule has 1 N–H and O–H groups in total. The van der Waals surface area contributed by atoms with E-state index in [2.05, 4.69) is 45.1 Å². The fourth-order valence-corrected chi connectivity index (χ4v) is 3.38. The molecule has 21 heavy (non-hydrogen) atoms. The molecule has 0 amide bonds. The van der Waals surface area contributed by atoms with Crippen LogP contribution in [0.25, 0.3) is 0 Å². The van der Waals surface area contributed by atoms with Gasteiger partial charge in [0.15, 0.2) is 0 Å². The predicted octanol–water partition coefficient (Wildman–Crippen LogP) is 5.62. The smallest absolute Gasteiger partial charge is 0.0643 e. The molecular formula is C18H21Cl2N. The second-order valence-electron chi connectivity index (χ2n) is 5.45. The van der Waals surface area contributed by atoms with E-state index in [0.717, 1.165) is 12.1 Å². The van der Waals surface area contributed by atoms with Crippen LogP contribution in [0, 0.1) is 20.8 Å². The molecule has 0 saturated carbocycles. The molecule has 2 aromatic rings. The minimum atomic E-state index is 0.0572. The van der Waals surface area contributed by atoms with Gasteiger partial charge < -0.3 is 5.32 Å². The summed E-state index contributed by atoms with van der Waals surface area (Å²) in [5.41, 5.74) is 6.14. The third kappa shape index (κ3) is 3.42. The summed E-state index contributed by atoms with van der Waals surface area (Å²) < 4.78 is 0. The van der Waals surface area contributed by atoms with Gasteiger partial charge in [-0.25, -0.2) is 0 Å². The first-order valence-corrected chi connectivity index (χ1v) is 7.96. The molecule has 0 radical (unpaired) electrons. The zero-order chi connectivity index (χ0) is 15.6. The Bertz CT molecular complexity index is 627. The average Bonchev–Trinajstić information content (AvgIpc) is 2.40. The maximum Gasteiger partial charge on any atom is 0.0643 e. The second-order valence-corrected chi connectivity index (χ2v) is 6.23. The standard InChI is InChI=1S/C18H21Cl2N/c1-5-21-18(14-7-6-8-15(19)17(14)20)16-12(3)9-11(2)10-13(16)4/h6-10,18,21H,5H2,1-4H3. The Labute approximate surface area is 137 Å². The largest absolute Gasteiger partial charge is 0.306 e. The Hall–Kier alpha value is -1.02. The van der Waals surface area contributed by atoms with Crippen molar-refractivity contribution >= 4 is 23.2 Å². The quantitative estimate of drug-likeness (QED) is 0.770. The van der Waals surface area contributed by atoms with Crippen molar-refractivity contribution in [3.63, 3.8) is 0 Å². The summed E-state index contributed by atoms with van der Waals surface area (Å²) in [6.07, 6.45) is 0. The highest BCUT2D eigenvalue weighted by Gasteiger charge is 2.21. The summed E-state index contributed by atoms with van der Waals surface area (Å²) in [6, 6.07) is 10.3. The Morgan fingerprint density at radius 3 is 2.24 bits per heavy atom. The molecule has 2 aromatic carbocycles. The lowest BCUT2D eigenvalue weighted by molar-refractivity contribution is 0.624. The Kier molecular flexibility index (Phi) is 5.32. The fourth-order valence-electron chi connectivity index (χ4n) is 2.96. The minimum Gasteiger partial charge on any atom is -0.306 e. The van der Waals surface area contributed by atoms with Gasteiger partial charge >= 0.3 is 0 Å². The van der Waals surface area contributed by atoms with Crippen LogP contribution in [0.4, 0.5) is 0 Å². The first kappa shape index (κ1) is 16.4. The number of aryl methyl sites for hydroxylation is 3. The lowest BCUT2D eigenvalue weighted by atomic mass is 9.90. The van der Waals surface area contributed by atoms with Crippen molar-refractivity contribution in [2.24, 2.45) is 0 Å². The number of hydrogen-bond acceptors (Lipinski definition) is 1. The molecule has 0 aliphatic heterocycles. The van der Waals surface area contributed by atoms with Crippen molar-refractivity contribution in [1.29, 1.82) is 0 Å². The van der Waals surface area contributed by atoms with Gasteiger partial charge in [0.2, 0.25) is 0 Å². The predicted molar refractivity (Wildman–Crippen MR) is 92.6 cm³/mol. The number of hydrogen-bond donors (Lipinski definition) is 1. The van der Waals surface area contributed by atoms with Crippen LogP contribution in [-0.4, -0.2) is 6.54 Å². The topological polar surface area (TPSA) is 12.0 Å². The van der Waals surface area contributed by atoms with Crippen LogP contribution >= 0.6 is 23.2 Å². The molecule has 1 atom stereocenters. The molecule has 0 aromatic heterocycles. The number of rotatable bonds is 4. The molecule has 0 aliphatic rings. The van der Waals surface area contributed by atoms with Crippen molar-refractivity contribution in [2.75, 3.05) is 6.54 Å². The molecule has 3 heteroatoms. The maximum absolute atomic E-state index is 6.44. The molecule has 1 nitrogen and oxygen atoms in total. The van der Waals surface area contributed by atoms with Gasteiger partial charge in [0.1, 0.15) is 0 Å². The summed E-state index contributed by atoms with van der Waals surface area (Å²) in [7, 11) is 0. The molecule has 0 spiro atoms. The average molecular weight is 322 g/mol. The molecule has 0 aliphatic carbocycles. The summed E-state index contributed by atoms with van der Waals surface area (Å²) in [4.78, 5) is 0. The van der Waals surface area contributed by atoms with Crippen molar-refractivity contribution < 1.29 is 0 Å². The monoisotopic (exact) mass is 321 g/mol. The van der Waals surface area contributed by atoms with Crippen LogP contribution in [0.3, 0.4) is 0 Å². The van der Waals surface area contributed by atoms with Crippen LogP contribution < -0.4 is 5.32 Å². The lowest BCUT2D eigenvalue weighted by Gasteiger charge is -2.24. The molecule has 0 bridgehead atoms. The normalized spacial score (nSPS) is 12.5. The van der Waals surface area contributed by atoms with E-state index in [1.165, 1.54) is 22.3 Å². The van der Waals surface area contributed by atoms with Crippen molar-refractivity contribution in [3.8, 4) is 0 Å². The van der Waals surface area contributed by atoms with Crippen molar-refractivity contribution in [2.45, 2.75) is 33.7 Å². The maximum atomic E-state index is 6.44. The zero-order valence-electron chi connectivity index (χ0n) is 12.9. The minimum absolute atomic E-state index is 0.0572. The van der Waals surface area contributed by atoms with Gasteiger partial charge in [0.25, 0.3) is 0 Å². The molecule has 0 saturated heterocycles. The van der Waals surface area contributed by atoms with Crippen molar-refractivity contribution in [3.05, 3.63) is 68.2 Å². The van der Waals surface area contributed by atoms with Gasteiger partial charge in [0.05, 0.1) is 16.1 Å². The van der Waals surface area contributed by atoms with Crippen LogP contribution in [0.1, 0.15) is 40.8 Å². The molecule has 0 heterocycles. The van der Waals surface area contributed by atoms with E-state index in [-0.39, 0.29) is 6.04 Å². The van der Waals surface area contributed by atoms with E-state index >= 15 is 0 Å². The van der Waals surface area contributed by atoms with Gasteiger partial charge in [0, 0.05) is 0 Å². The van der Waals surface area contributed by atoms with Crippen LogP contribution in [-0.2, 0) is 0 Å². The first-order valence-electron chi connectivity index (χ1n) is 7.20. The van der Waals surface area contributed by atoms with E-state index in [9.17, 15) is 0 Å². The summed E-state index contributed by atoms with van der Waals surface area (Å²) in [5, 5.41) is 4.77. The Balaban J connectivity index is 2.62. The molecule has 0 fully saturated rings. The second kappa shape index (κ2) is 6.83.